The summed E-state index contributed by atoms with van der Waals surface area (Å²) in [5.41, 5.74) is 0. The molecular weight excluding hydrogens is 316 g/mol. The van der Waals surface area contributed by atoms with Crippen LogP contribution in [-0.4, -0.2) is 40.7 Å². The van der Waals surface area contributed by atoms with E-state index >= 15 is 0 Å². The van der Waals surface area contributed by atoms with Gasteiger partial charge in [-0.1, -0.05) is 47.3 Å². The van der Waals surface area contributed by atoms with Gasteiger partial charge in [0, 0.05) is 19.8 Å². The van der Waals surface area contributed by atoms with Gasteiger partial charge in [0.2, 0.25) is 0 Å². The fourth-order valence-corrected chi connectivity index (χ4v) is 11.2. The summed E-state index contributed by atoms with van der Waals surface area (Å²) in [6.07, 6.45) is 3.84. The van der Waals surface area contributed by atoms with Crippen molar-refractivity contribution < 1.29 is 13.3 Å². The molecule has 0 aromatic rings. The maximum Gasteiger partial charge on any atom is 0.514 e. The topological polar surface area (TPSA) is 27.7 Å². The standard InChI is InChI=1S/C15H36O3SSi2/c1-8-12-16-21(17-13-9-2,18-14-10-3)15(19,11-4)20(5,6)7/h19H,8-14H2,1-7H3/t15-/m0/s1. The minimum Gasteiger partial charge on any atom is -0.373 e. The average Bonchev–Trinajstić information content (AvgIpc) is 2.44. The number of thiol groups is 1. The van der Waals surface area contributed by atoms with E-state index in [0.717, 1.165) is 25.7 Å². The normalized spacial score (nSPS) is 16.0. The molecule has 0 aliphatic carbocycles. The van der Waals surface area contributed by atoms with E-state index in [9.17, 15) is 0 Å². The van der Waals surface area contributed by atoms with Crippen LogP contribution < -0.4 is 0 Å². The smallest absolute Gasteiger partial charge is 0.373 e. The minimum atomic E-state index is -2.82. The predicted octanol–water partition coefficient (Wildman–Crippen LogP) is 4.70. The Labute approximate surface area is 139 Å². The van der Waals surface area contributed by atoms with Crippen LogP contribution in [0.5, 0.6) is 0 Å². The van der Waals surface area contributed by atoms with Crippen molar-refractivity contribution in [3.8, 4) is 0 Å². The van der Waals surface area contributed by atoms with Gasteiger partial charge >= 0.3 is 8.80 Å². The van der Waals surface area contributed by atoms with Crippen LogP contribution in [0.3, 0.4) is 0 Å². The second kappa shape index (κ2) is 9.72. The van der Waals surface area contributed by atoms with Crippen LogP contribution >= 0.6 is 12.6 Å². The molecule has 0 fully saturated rings. The van der Waals surface area contributed by atoms with Crippen LogP contribution in [0.2, 0.25) is 19.6 Å². The molecule has 0 rings (SSSR count). The SMILES string of the molecule is CCCO[Si](OCCC)(OCCC)[C@](S)(CC)[Si](C)(C)C. The second-order valence-electron chi connectivity index (χ2n) is 6.57. The lowest BCUT2D eigenvalue weighted by atomic mass is 10.5. The number of rotatable bonds is 12. The predicted molar refractivity (Wildman–Crippen MR) is 99.8 cm³/mol. The second-order valence-corrected chi connectivity index (χ2v) is 16.9. The monoisotopic (exact) mass is 352 g/mol. The molecule has 0 radical (unpaired) electrons. The highest BCUT2D eigenvalue weighted by Crippen LogP contribution is 2.41. The molecule has 0 aromatic heterocycles. The summed E-state index contributed by atoms with van der Waals surface area (Å²) < 4.78 is 18.7. The van der Waals surface area contributed by atoms with Gasteiger partial charge < -0.3 is 13.3 Å². The average molecular weight is 353 g/mol. The molecule has 128 valence electrons. The highest BCUT2D eigenvalue weighted by Gasteiger charge is 2.64. The molecule has 0 bridgehead atoms. The third-order valence-corrected chi connectivity index (χ3v) is 16.0. The summed E-state index contributed by atoms with van der Waals surface area (Å²) in [6, 6.07) is 0. The summed E-state index contributed by atoms with van der Waals surface area (Å²) >= 11 is 5.15. The van der Waals surface area contributed by atoms with E-state index < -0.39 is 16.9 Å². The molecule has 6 heteroatoms. The molecule has 0 aliphatic rings. The Hall–Kier alpha value is 0.664. The van der Waals surface area contributed by atoms with Gasteiger partial charge in [-0.15, -0.1) is 0 Å². The van der Waals surface area contributed by atoms with E-state index in [4.69, 9.17) is 25.9 Å². The van der Waals surface area contributed by atoms with Crippen molar-refractivity contribution in [2.45, 2.75) is 77.0 Å². The maximum atomic E-state index is 6.32. The molecule has 0 amide bonds. The fourth-order valence-electron chi connectivity index (χ4n) is 2.40. The van der Waals surface area contributed by atoms with Gasteiger partial charge in [-0.2, -0.15) is 12.6 Å². The number of hydrogen-bond acceptors (Lipinski definition) is 4. The molecule has 0 heterocycles. The van der Waals surface area contributed by atoms with Gasteiger partial charge in [-0.25, -0.2) is 0 Å². The Kier molecular flexibility index (Phi) is 10.0. The largest absolute Gasteiger partial charge is 0.514 e. The molecule has 0 saturated heterocycles. The molecule has 0 aromatic carbocycles. The van der Waals surface area contributed by atoms with Crippen LogP contribution in [0.25, 0.3) is 0 Å². The van der Waals surface area contributed by atoms with Crippen molar-refractivity contribution in [2.24, 2.45) is 0 Å². The van der Waals surface area contributed by atoms with Gasteiger partial charge in [-0.3, -0.25) is 0 Å². The summed E-state index contributed by atoms with van der Waals surface area (Å²) in [5, 5.41) is 0. The molecule has 0 spiro atoms. The Balaban J connectivity index is 5.65. The van der Waals surface area contributed by atoms with Gasteiger partial charge in [0.15, 0.2) is 0 Å². The van der Waals surface area contributed by atoms with Crippen molar-refractivity contribution in [3.63, 3.8) is 0 Å². The van der Waals surface area contributed by atoms with Crippen molar-refractivity contribution in [1.82, 2.24) is 0 Å². The lowest BCUT2D eigenvalue weighted by molar-refractivity contribution is 0.0528. The third-order valence-electron chi connectivity index (χ3n) is 3.75. The van der Waals surface area contributed by atoms with Gasteiger partial charge in [0.25, 0.3) is 0 Å². The molecule has 1 atom stereocenters. The summed E-state index contributed by atoms with van der Waals surface area (Å²) in [7, 11) is -4.47. The van der Waals surface area contributed by atoms with E-state index in [1.54, 1.807) is 0 Å². The molecule has 0 aliphatic heterocycles. The van der Waals surface area contributed by atoms with Gasteiger partial charge in [0.05, 0.1) is 12.1 Å². The molecule has 0 unspecified atom stereocenters. The Morgan fingerprint density at radius 2 is 1.10 bits per heavy atom. The minimum absolute atomic E-state index is 0.250. The molecule has 3 nitrogen and oxygen atoms in total. The first-order chi connectivity index (χ1) is 9.74. The van der Waals surface area contributed by atoms with Crippen LogP contribution in [0.1, 0.15) is 53.4 Å². The third kappa shape index (κ3) is 5.35. The van der Waals surface area contributed by atoms with Crippen LogP contribution in [-0.2, 0) is 13.3 Å². The van der Waals surface area contributed by atoms with Gasteiger partial charge in [0.1, 0.15) is 0 Å². The summed E-state index contributed by atoms with van der Waals surface area (Å²) in [4.78, 5) is 0. The Bertz CT molecular complexity index is 263. The van der Waals surface area contributed by atoms with E-state index in [0.29, 0.717) is 19.8 Å². The lowest BCUT2D eigenvalue weighted by Gasteiger charge is -2.48. The van der Waals surface area contributed by atoms with Crippen LogP contribution in [0, 0.1) is 0 Å². The first-order valence-corrected chi connectivity index (χ1v) is 14.1. The van der Waals surface area contributed by atoms with E-state index in [1.165, 1.54) is 0 Å². The zero-order valence-corrected chi connectivity index (χ0v) is 18.0. The molecular formula is C15H36O3SSi2. The maximum absolute atomic E-state index is 6.32. The first-order valence-electron chi connectivity index (χ1n) is 8.38. The van der Waals surface area contributed by atoms with Crippen molar-refractivity contribution in [2.75, 3.05) is 19.8 Å². The zero-order valence-electron chi connectivity index (χ0n) is 15.1. The van der Waals surface area contributed by atoms with Crippen molar-refractivity contribution in [3.05, 3.63) is 0 Å². The van der Waals surface area contributed by atoms with E-state index in [-0.39, 0.29) is 3.99 Å². The molecule has 0 N–H and O–H groups in total. The first kappa shape index (κ1) is 21.7. The zero-order chi connectivity index (χ0) is 16.6. The van der Waals surface area contributed by atoms with Crippen molar-refractivity contribution in [1.29, 1.82) is 0 Å². The number of hydrogen-bond donors (Lipinski definition) is 1. The van der Waals surface area contributed by atoms with Gasteiger partial charge in [-0.05, 0) is 25.7 Å². The highest BCUT2D eigenvalue weighted by atomic mass is 32.1. The Morgan fingerprint density at radius 3 is 1.29 bits per heavy atom. The molecule has 0 saturated carbocycles. The van der Waals surface area contributed by atoms with Crippen LogP contribution in [0.15, 0.2) is 0 Å². The van der Waals surface area contributed by atoms with Crippen LogP contribution in [0.4, 0.5) is 0 Å². The quantitative estimate of drug-likeness (QED) is 0.407. The van der Waals surface area contributed by atoms with Crippen molar-refractivity contribution >= 4 is 29.5 Å². The van der Waals surface area contributed by atoms with E-state index in [1.807, 2.05) is 0 Å². The molecule has 21 heavy (non-hydrogen) atoms. The lowest BCUT2D eigenvalue weighted by Crippen LogP contribution is -2.71. The fraction of sp³-hybridized carbons (Fsp3) is 1.00. The Morgan fingerprint density at radius 1 is 0.762 bits per heavy atom. The summed E-state index contributed by atoms with van der Waals surface area (Å²) in [5.74, 6) is 0. The highest BCUT2D eigenvalue weighted by molar-refractivity contribution is 7.86. The van der Waals surface area contributed by atoms with E-state index in [2.05, 4.69) is 47.3 Å². The summed E-state index contributed by atoms with van der Waals surface area (Å²) in [6.45, 7) is 17.6.